The molecular weight excluding hydrogens is 244 g/mol. The average Bonchev–Trinajstić information content (AvgIpc) is 2.24. The molecule has 0 aliphatic heterocycles. The molecule has 0 spiro atoms. The van der Waals surface area contributed by atoms with Gasteiger partial charge in [-0.25, -0.2) is 4.98 Å². The van der Waals surface area contributed by atoms with Crippen LogP contribution in [-0.2, 0) is 6.42 Å². The van der Waals surface area contributed by atoms with Gasteiger partial charge in [0.1, 0.15) is 0 Å². The number of aryl methyl sites for hydroxylation is 1. The van der Waals surface area contributed by atoms with Gasteiger partial charge in [0.05, 0.1) is 0 Å². The molecule has 0 saturated heterocycles. The minimum atomic E-state index is -0.0571. The van der Waals surface area contributed by atoms with Gasteiger partial charge >= 0.3 is 0 Å². The van der Waals surface area contributed by atoms with Crippen LogP contribution in [0, 0.1) is 0 Å². The summed E-state index contributed by atoms with van der Waals surface area (Å²) in [4.78, 5) is 18.5. The van der Waals surface area contributed by atoms with E-state index in [2.05, 4.69) is 16.9 Å². The summed E-state index contributed by atoms with van der Waals surface area (Å²) in [5.74, 6) is 1.64. The lowest BCUT2D eigenvalue weighted by atomic mass is 10.2. The second kappa shape index (κ2) is 7.74. The van der Waals surface area contributed by atoms with E-state index >= 15 is 0 Å². The largest absolute Gasteiger partial charge is 0.301 e. The van der Waals surface area contributed by atoms with Crippen molar-refractivity contribution in [1.82, 2.24) is 9.97 Å². The van der Waals surface area contributed by atoms with Crippen LogP contribution in [0.4, 0.5) is 0 Å². The van der Waals surface area contributed by atoms with Gasteiger partial charge in [0.2, 0.25) is 0 Å². The zero-order chi connectivity index (χ0) is 11.8. The summed E-state index contributed by atoms with van der Waals surface area (Å²) in [6.45, 7) is 2.08. The number of alkyl halides is 1. The number of thioether (sulfide) groups is 1. The minimum absolute atomic E-state index is 0.0571. The van der Waals surface area contributed by atoms with Crippen molar-refractivity contribution >= 4 is 23.4 Å². The van der Waals surface area contributed by atoms with Gasteiger partial charge in [-0.3, -0.25) is 4.79 Å². The second-order valence-corrected chi connectivity index (χ2v) is 5.00. The van der Waals surface area contributed by atoms with Gasteiger partial charge < -0.3 is 4.98 Å². The predicted octanol–water partition coefficient (Wildman–Crippen LogP) is 2.83. The van der Waals surface area contributed by atoms with Gasteiger partial charge in [0.25, 0.3) is 5.56 Å². The Balaban J connectivity index is 2.54. The summed E-state index contributed by atoms with van der Waals surface area (Å²) in [5, 5.41) is 0.727. The van der Waals surface area contributed by atoms with Crippen LogP contribution in [0.2, 0.25) is 0 Å². The number of hydrogen-bond donors (Lipinski definition) is 1. The molecule has 1 N–H and O–H groups in total. The molecule has 3 nitrogen and oxygen atoms in total. The van der Waals surface area contributed by atoms with E-state index in [9.17, 15) is 4.79 Å². The summed E-state index contributed by atoms with van der Waals surface area (Å²) >= 11 is 7.18. The number of unbranched alkanes of at least 4 members (excludes halogenated alkanes) is 1. The Morgan fingerprint density at radius 1 is 1.50 bits per heavy atom. The van der Waals surface area contributed by atoms with Crippen molar-refractivity contribution in [3.63, 3.8) is 0 Å². The summed E-state index contributed by atoms with van der Waals surface area (Å²) in [7, 11) is 0. The fourth-order valence-electron chi connectivity index (χ4n) is 1.30. The molecule has 1 rings (SSSR count). The van der Waals surface area contributed by atoms with Crippen LogP contribution in [0.15, 0.2) is 16.0 Å². The van der Waals surface area contributed by atoms with E-state index in [1.54, 1.807) is 17.8 Å². The SMILES string of the molecule is CCCc1cc(=O)[nH]c(SCCCCCl)n1. The van der Waals surface area contributed by atoms with Crippen molar-refractivity contribution in [2.45, 2.75) is 37.8 Å². The van der Waals surface area contributed by atoms with Gasteiger partial charge in [-0.05, 0) is 19.3 Å². The molecule has 0 unspecified atom stereocenters. The maximum absolute atomic E-state index is 11.3. The number of nitrogens with zero attached hydrogens (tertiary/aromatic N) is 1. The fourth-order valence-corrected chi connectivity index (χ4v) is 2.39. The summed E-state index contributed by atoms with van der Waals surface area (Å²) in [6.07, 6.45) is 3.93. The highest BCUT2D eigenvalue weighted by Gasteiger charge is 2.01. The Morgan fingerprint density at radius 2 is 2.31 bits per heavy atom. The van der Waals surface area contributed by atoms with Crippen LogP contribution in [0.3, 0.4) is 0 Å². The Labute approximate surface area is 105 Å². The van der Waals surface area contributed by atoms with Gasteiger partial charge in [-0.1, -0.05) is 25.1 Å². The van der Waals surface area contributed by atoms with E-state index in [1.807, 2.05) is 0 Å². The van der Waals surface area contributed by atoms with E-state index in [1.165, 1.54) is 0 Å². The Hall–Kier alpha value is -0.480. The summed E-state index contributed by atoms with van der Waals surface area (Å²) in [5.41, 5.74) is 0.824. The van der Waals surface area contributed by atoms with Crippen molar-refractivity contribution < 1.29 is 0 Å². The molecule has 0 aliphatic rings. The number of nitrogens with one attached hydrogen (secondary N) is 1. The highest BCUT2D eigenvalue weighted by Crippen LogP contribution is 2.14. The van der Waals surface area contributed by atoms with Crippen LogP contribution in [-0.4, -0.2) is 21.6 Å². The molecule has 1 aromatic heterocycles. The molecule has 1 heterocycles. The highest BCUT2D eigenvalue weighted by atomic mass is 35.5. The third-order valence-electron chi connectivity index (χ3n) is 2.05. The van der Waals surface area contributed by atoms with E-state index in [0.717, 1.165) is 42.3 Å². The Bertz CT molecular complexity index is 367. The van der Waals surface area contributed by atoms with Crippen molar-refractivity contribution in [1.29, 1.82) is 0 Å². The minimum Gasteiger partial charge on any atom is -0.301 e. The molecule has 0 fully saturated rings. The standard InChI is InChI=1S/C11H17ClN2OS/c1-2-5-9-8-10(15)14-11(13-9)16-7-4-3-6-12/h8H,2-7H2,1H3,(H,13,14,15). The molecular formula is C11H17ClN2OS. The van der Waals surface area contributed by atoms with Crippen LogP contribution in [0.5, 0.6) is 0 Å². The molecule has 0 bridgehead atoms. The predicted molar refractivity (Wildman–Crippen MR) is 69.5 cm³/mol. The van der Waals surface area contributed by atoms with Gasteiger partial charge in [-0.15, -0.1) is 11.6 Å². The Morgan fingerprint density at radius 3 is 3.00 bits per heavy atom. The third-order valence-corrected chi connectivity index (χ3v) is 3.27. The topological polar surface area (TPSA) is 45.8 Å². The number of rotatable bonds is 7. The lowest BCUT2D eigenvalue weighted by Gasteiger charge is -2.02. The third kappa shape index (κ3) is 5.03. The van der Waals surface area contributed by atoms with Crippen LogP contribution >= 0.6 is 23.4 Å². The smallest absolute Gasteiger partial charge is 0.251 e. The summed E-state index contributed by atoms with van der Waals surface area (Å²) in [6, 6.07) is 1.58. The first-order valence-corrected chi connectivity index (χ1v) is 7.07. The maximum Gasteiger partial charge on any atom is 0.251 e. The first kappa shape index (κ1) is 13.6. The quantitative estimate of drug-likeness (QED) is 0.355. The number of H-pyrrole nitrogens is 1. The molecule has 0 radical (unpaired) electrons. The number of aromatic nitrogens is 2. The van der Waals surface area contributed by atoms with Crippen LogP contribution in [0.25, 0.3) is 0 Å². The number of aromatic amines is 1. The highest BCUT2D eigenvalue weighted by molar-refractivity contribution is 7.99. The average molecular weight is 261 g/mol. The zero-order valence-corrected chi connectivity index (χ0v) is 11.0. The molecule has 0 aliphatic carbocycles. The zero-order valence-electron chi connectivity index (χ0n) is 9.46. The molecule has 0 aromatic carbocycles. The van der Waals surface area contributed by atoms with Crippen molar-refractivity contribution in [3.05, 3.63) is 22.1 Å². The number of halogens is 1. The lowest BCUT2D eigenvalue weighted by molar-refractivity contribution is 0.813. The van der Waals surface area contributed by atoms with Crippen molar-refractivity contribution in [3.8, 4) is 0 Å². The molecule has 16 heavy (non-hydrogen) atoms. The molecule has 90 valence electrons. The molecule has 0 saturated carbocycles. The summed E-state index contributed by atoms with van der Waals surface area (Å²) < 4.78 is 0. The van der Waals surface area contributed by atoms with Crippen LogP contribution in [0.1, 0.15) is 31.9 Å². The first-order chi connectivity index (χ1) is 7.76. The number of hydrogen-bond acceptors (Lipinski definition) is 3. The van der Waals surface area contributed by atoms with Gasteiger partial charge in [0.15, 0.2) is 5.16 Å². The van der Waals surface area contributed by atoms with Gasteiger partial charge in [-0.2, -0.15) is 0 Å². The molecule has 0 atom stereocenters. The monoisotopic (exact) mass is 260 g/mol. The van der Waals surface area contributed by atoms with E-state index in [4.69, 9.17) is 11.6 Å². The molecule has 5 heteroatoms. The molecule has 0 amide bonds. The first-order valence-electron chi connectivity index (χ1n) is 5.55. The van der Waals surface area contributed by atoms with E-state index in [-0.39, 0.29) is 5.56 Å². The van der Waals surface area contributed by atoms with Gasteiger partial charge in [0, 0.05) is 23.4 Å². The Kier molecular flexibility index (Phi) is 6.57. The van der Waals surface area contributed by atoms with Crippen LogP contribution < -0.4 is 5.56 Å². The maximum atomic E-state index is 11.3. The van der Waals surface area contributed by atoms with E-state index in [0.29, 0.717) is 5.88 Å². The normalized spacial score (nSPS) is 10.6. The lowest BCUT2D eigenvalue weighted by Crippen LogP contribution is -2.10. The second-order valence-electron chi connectivity index (χ2n) is 3.54. The molecule has 1 aromatic rings. The van der Waals surface area contributed by atoms with E-state index < -0.39 is 0 Å². The van der Waals surface area contributed by atoms with Crippen molar-refractivity contribution in [2.75, 3.05) is 11.6 Å². The fraction of sp³-hybridized carbons (Fsp3) is 0.636. The van der Waals surface area contributed by atoms with Crippen molar-refractivity contribution in [2.24, 2.45) is 0 Å².